The fourth-order valence-electron chi connectivity index (χ4n) is 6.10. The molecule has 3 N–H and O–H groups in total. The first-order valence-corrected chi connectivity index (χ1v) is 13.7. The predicted molar refractivity (Wildman–Crippen MR) is 147 cm³/mol. The summed E-state index contributed by atoms with van der Waals surface area (Å²) in [5, 5.41) is 23.1. The SMILES string of the molecule is C=CC(=O)N1CCOC2NN(c3ccc(C(C)C)cc3O)C3CCN(C(=O)c4cnc(C(C)(F)F)c(O)c4)C(C1)C23. The zero-order chi connectivity index (χ0) is 29.6. The Labute approximate surface area is 237 Å². The first kappa shape index (κ1) is 28.7. The van der Waals surface area contributed by atoms with Crippen molar-refractivity contribution in [3.8, 4) is 11.5 Å². The lowest BCUT2D eigenvalue weighted by molar-refractivity contribution is -0.132. The van der Waals surface area contributed by atoms with Crippen LogP contribution in [0.15, 0.2) is 43.1 Å². The number of nitrogens with one attached hydrogen (secondary N) is 1. The number of amides is 2. The van der Waals surface area contributed by atoms with E-state index < -0.39 is 35.5 Å². The molecule has 3 fully saturated rings. The van der Waals surface area contributed by atoms with Gasteiger partial charge in [0.1, 0.15) is 17.7 Å². The van der Waals surface area contributed by atoms with Gasteiger partial charge in [-0.05, 0) is 42.2 Å². The zero-order valence-corrected chi connectivity index (χ0v) is 23.3. The van der Waals surface area contributed by atoms with E-state index in [9.17, 15) is 28.6 Å². The number of aromatic nitrogens is 1. The summed E-state index contributed by atoms with van der Waals surface area (Å²) < 4.78 is 33.8. The van der Waals surface area contributed by atoms with Crippen LogP contribution >= 0.6 is 0 Å². The Hall–Kier alpha value is -3.77. The number of benzene rings is 1. The second kappa shape index (κ2) is 10.9. The van der Waals surface area contributed by atoms with Gasteiger partial charge in [0.15, 0.2) is 5.69 Å². The van der Waals surface area contributed by atoms with Crippen LogP contribution in [0.3, 0.4) is 0 Å². The third kappa shape index (κ3) is 5.33. The number of phenolic OH excluding ortho intramolecular Hbond substituents is 1. The molecule has 4 atom stereocenters. The summed E-state index contributed by atoms with van der Waals surface area (Å²) in [6.45, 7) is 9.28. The monoisotopic (exact) mass is 571 g/mol. The van der Waals surface area contributed by atoms with Gasteiger partial charge in [0, 0.05) is 38.7 Å². The quantitative estimate of drug-likeness (QED) is 0.468. The molecule has 0 bridgehead atoms. The number of rotatable bonds is 5. The highest BCUT2D eigenvalue weighted by Crippen LogP contribution is 2.42. The van der Waals surface area contributed by atoms with Gasteiger partial charge in [0.25, 0.3) is 11.8 Å². The van der Waals surface area contributed by atoms with Crippen LogP contribution in [-0.2, 0) is 15.5 Å². The number of piperidine rings is 1. The van der Waals surface area contributed by atoms with E-state index in [0.29, 0.717) is 19.0 Å². The van der Waals surface area contributed by atoms with E-state index in [1.807, 2.05) is 31.0 Å². The molecule has 41 heavy (non-hydrogen) atoms. The fourth-order valence-corrected chi connectivity index (χ4v) is 6.10. The molecule has 5 rings (SSSR count). The van der Waals surface area contributed by atoms with E-state index in [-0.39, 0.29) is 61.3 Å². The largest absolute Gasteiger partial charge is 0.506 e. The molecule has 1 aromatic heterocycles. The molecule has 0 saturated carbocycles. The molecule has 0 radical (unpaired) electrons. The highest BCUT2D eigenvalue weighted by atomic mass is 19.3. The number of likely N-dealkylation sites (tertiary alicyclic amines) is 1. The minimum absolute atomic E-state index is 0.0418. The van der Waals surface area contributed by atoms with Crippen LogP contribution < -0.4 is 10.4 Å². The van der Waals surface area contributed by atoms with Gasteiger partial charge < -0.3 is 24.7 Å². The number of anilines is 1. The van der Waals surface area contributed by atoms with Crippen LogP contribution in [0.25, 0.3) is 0 Å². The number of carbonyl (C=O) groups excluding carboxylic acids is 2. The number of pyridine rings is 1. The number of aromatic hydroxyl groups is 2. The van der Waals surface area contributed by atoms with Crippen molar-refractivity contribution in [2.75, 3.05) is 31.3 Å². The summed E-state index contributed by atoms with van der Waals surface area (Å²) >= 11 is 0. The lowest BCUT2D eigenvalue weighted by atomic mass is 9.83. The Kier molecular flexibility index (Phi) is 7.64. The second-order valence-corrected chi connectivity index (χ2v) is 11.2. The van der Waals surface area contributed by atoms with Crippen LogP contribution in [0.2, 0.25) is 0 Å². The van der Waals surface area contributed by atoms with E-state index in [1.165, 1.54) is 6.08 Å². The average Bonchev–Trinajstić information content (AvgIpc) is 3.27. The number of hydrogen-bond donors (Lipinski definition) is 3. The Morgan fingerprint density at radius 1 is 1.20 bits per heavy atom. The molecule has 220 valence electrons. The maximum atomic E-state index is 13.8. The zero-order valence-electron chi connectivity index (χ0n) is 23.3. The molecule has 2 aromatic rings. The van der Waals surface area contributed by atoms with Crippen LogP contribution in [0, 0.1) is 5.92 Å². The van der Waals surface area contributed by atoms with Gasteiger partial charge >= 0.3 is 0 Å². The molecule has 2 amide bonds. The van der Waals surface area contributed by atoms with E-state index in [4.69, 9.17) is 4.74 Å². The lowest BCUT2D eigenvalue weighted by Crippen LogP contribution is -2.61. The lowest BCUT2D eigenvalue weighted by Gasteiger charge is -2.47. The molecular weight excluding hydrogens is 536 g/mol. The van der Waals surface area contributed by atoms with E-state index in [2.05, 4.69) is 17.0 Å². The van der Waals surface area contributed by atoms with E-state index in [1.54, 1.807) is 15.9 Å². The van der Waals surface area contributed by atoms with Crippen molar-refractivity contribution in [1.82, 2.24) is 20.2 Å². The van der Waals surface area contributed by atoms with Crippen LogP contribution in [-0.4, -0.2) is 81.4 Å². The van der Waals surface area contributed by atoms with Crippen molar-refractivity contribution in [1.29, 1.82) is 0 Å². The minimum Gasteiger partial charge on any atom is -0.506 e. The van der Waals surface area contributed by atoms with Gasteiger partial charge in [-0.3, -0.25) is 19.6 Å². The number of hydrazine groups is 1. The first-order valence-electron chi connectivity index (χ1n) is 13.7. The van der Waals surface area contributed by atoms with Gasteiger partial charge in [-0.25, -0.2) is 5.43 Å². The number of halogens is 2. The molecule has 3 aliphatic heterocycles. The third-order valence-corrected chi connectivity index (χ3v) is 8.17. The molecule has 3 aliphatic rings. The molecule has 12 heteroatoms. The number of ether oxygens (including phenoxy) is 1. The first-order chi connectivity index (χ1) is 19.4. The average molecular weight is 572 g/mol. The van der Waals surface area contributed by atoms with Crippen molar-refractivity contribution in [2.24, 2.45) is 5.92 Å². The molecule has 4 unspecified atom stereocenters. The van der Waals surface area contributed by atoms with Gasteiger partial charge in [0.2, 0.25) is 5.91 Å². The maximum Gasteiger partial charge on any atom is 0.290 e. The molecule has 4 heterocycles. The molecule has 10 nitrogen and oxygen atoms in total. The van der Waals surface area contributed by atoms with Crippen molar-refractivity contribution < 1.29 is 33.3 Å². The third-order valence-electron chi connectivity index (χ3n) is 8.17. The molecule has 0 aliphatic carbocycles. The summed E-state index contributed by atoms with van der Waals surface area (Å²) in [4.78, 5) is 33.4. The maximum absolute atomic E-state index is 13.8. The second-order valence-electron chi connectivity index (χ2n) is 11.2. The van der Waals surface area contributed by atoms with E-state index >= 15 is 0 Å². The van der Waals surface area contributed by atoms with Crippen molar-refractivity contribution in [2.45, 2.75) is 57.3 Å². The summed E-state index contributed by atoms with van der Waals surface area (Å²) in [5.41, 5.74) is 4.10. The van der Waals surface area contributed by atoms with E-state index in [0.717, 1.165) is 17.8 Å². The predicted octanol–water partition coefficient (Wildman–Crippen LogP) is 3.32. The number of phenols is 1. The minimum atomic E-state index is -3.38. The van der Waals surface area contributed by atoms with Gasteiger partial charge in [-0.15, -0.1) is 0 Å². The number of carbonyl (C=O) groups is 2. The molecule has 1 aromatic carbocycles. The van der Waals surface area contributed by atoms with Gasteiger partial charge in [-0.2, -0.15) is 8.78 Å². The van der Waals surface area contributed by atoms with Crippen molar-refractivity contribution >= 4 is 17.5 Å². The van der Waals surface area contributed by atoms with Crippen LogP contribution in [0.1, 0.15) is 54.7 Å². The standard InChI is InChI=1S/C29H35F2N5O5/c1-5-24(39)34-10-11-41-27-25-20(36(33-27)19-7-6-17(16(2)3)12-22(19)37)8-9-35(21(25)15-34)28(40)18-13-23(38)26(32-14-18)29(4,30)31/h5-7,12-14,16,20-21,25,27,33,37-38H,1,8-11,15H2,2-4H3. The smallest absolute Gasteiger partial charge is 0.290 e. The van der Waals surface area contributed by atoms with Gasteiger partial charge in [0.05, 0.1) is 29.9 Å². The topological polar surface area (TPSA) is 118 Å². The Bertz CT molecular complexity index is 1350. The Balaban J connectivity index is 1.51. The Morgan fingerprint density at radius 2 is 1.95 bits per heavy atom. The van der Waals surface area contributed by atoms with Crippen molar-refractivity contribution in [3.05, 3.63) is 59.9 Å². The summed E-state index contributed by atoms with van der Waals surface area (Å²) in [6, 6.07) is 5.83. The Morgan fingerprint density at radius 3 is 2.59 bits per heavy atom. The summed E-state index contributed by atoms with van der Waals surface area (Å²) in [5.74, 6) is -4.93. The number of hydrogen-bond acceptors (Lipinski definition) is 8. The van der Waals surface area contributed by atoms with Crippen LogP contribution in [0.5, 0.6) is 11.5 Å². The fraction of sp³-hybridized carbons (Fsp3) is 0.483. The van der Waals surface area contributed by atoms with Gasteiger partial charge in [-0.1, -0.05) is 26.5 Å². The summed E-state index contributed by atoms with van der Waals surface area (Å²) in [7, 11) is 0. The molecular formula is C29H35F2N5O5. The van der Waals surface area contributed by atoms with Crippen molar-refractivity contribution in [3.63, 3.8) is 0 Å². The number of nitrogens with zero attached hydrogens (tertiary/aromatic N) is 4. The highest BCUT2D eigenvalue weighted by molar-refractivity contribution is 5.95. The normalized spacial score (nSPS) is 24.6. The molecule has 0 spiro atoms. The molecule has 3 saturated heterocycles. The number of alkyl halides is 2. The summed E-state index contributed by atoms with van der Waals surface area (Å²) in [6.07, 6.45) is 2.21. The van der Waals surface area contributed by atoms with Crippen LogP contribution in [0.4, 0.5) is 14.5 Å². The highest BCUT2D eigenvalue weighted by Gasteiger charge is 2.53.